The first-order valence-corrected chi connectivity index (χ1v) is 5.30. The fraction of sp³-hybridized carbons (Fsp3) is 0.429. The van der Waals surface area contributed by atoms with Crippen molar-refractivity contribution in [2.75, 3.05) is 0 Å². The van der Waals surface area contributed by atoms with E-state index >= 15 is 0 Å². The van der Waals surface area contributed by atoms with Gasteiger partial charge in [0, 0.05) is 0 Å². The summed E-state index contributed by atoms with van der Waals surface area (Å²) >= 11 is 0. The van der Waals surface area contributed by atoms with Crippen molar-refractivity contribution >= 4 is 0 Å². The summed E-state index contributed by atoms with van der Waals surface area (Å²) in [5.74, 6) is 0. The Hall–Kier alpha value is -1.04. The minimum absolute atomic E-state index is 1.15. The van der Waals surface area contributed by atoms with E-state index < -0.39 is 0 Å². The topological polar surface area (TPSA) is 0 Å². The van der Waals surface area contributed by atoms with Crippen LogP contribution >= 0.6 is 0 Å². The lowest BCUT2D eigenvalue weighted by atomic mass is 10.0. The van der Waals surface area contributed by atoms with Gasteiger partial charge in [-0.3, -0.25) is 0 Å². The first kappa shape index (κ1) is 15.4. The summed E-state index contributed by atoms with van der Waals surface area (Å²) in [5, 5.41) is 0. The maximum absolute atomic E-state index is 3.00. The molecule has 0 atom stereocenters. The summed E-state index contributed by atoms with van der Waals surface area (Å²) in [7, 11) is 0. The molecule has 1 aromatic carbocycles. The second kappa shape index (κ2) is 10.0. The van der Waals surface area contributed by atoms with Crippen molar-refractivity contribution in [3.63, 3.8) is 0 Å². The number of aryl methyl sites for hydroxylation is 2. The Bertz CT molecular complexity index is 236. The Balaban J connectivity index is 0. The molecule has 0 spiro atoms. The van der Waals surface area contributed by atoms with Gasteiger partial charge >= 0.3 is 0 Å². The number of hydrogen-bond acceptors (Lipinski definition) is 0. The molecule has 0 N–H and O–H groups in total. The first-order valence-electron chi connectivity index (χ1n) is 5.30. The molecule has 0 saturated heterocycles. The van der Waals surface area contributed by atoms with E-state index in [1.165, 1.54) is 16.7 Å². The highest BCUT2D eigenvalue weighted by Gasteiger charge is 1.95. The van der Waals surface area contributed by atoms with Crippen LogP contribution in [-0.4, -0.2) is 0 Å². The molecule has 0 aliphatic heterocycles. The van der Waals surface area contributed by atoms with Crippen molar-refractivity contribution in [1.82, 2.24) is 0 Å². The van der Waals surface area contributed by atoms with Crippen LogP contribution < -0.4 is 0 Å². The number of hydrogen-bond donors (Lipinski definition) is 0. The van der Waals surface area contributed by atoms with Crippen LogP contribution in [-0.2, 0) is 6.42 Å². The van der Waals surface area contributed by atoms with Gasteiger partial charge in [0.25, 0.3) is 0 Å². The third-order valence-electron chi connectivity index (χ3n) is 2.10. The summed E-state index contributed by atoms with van der Waals surface area (Å²) in [6.45, 7) is 16.5. The van der Waals surface area contributed by atoms with Crippen molar-refractivity contribution in [2.24, 2.45) is 0 Å². The van der Waals surface area contributed by atoms with Crippen LogP contribution in [0, 0.1) is 13.8 Å². The maximum atomic E-state index is 3.00. The van der Waals surface area contributed by atoms with Gasteiger partial charge in [-0.2, -0.15) is 0 Å². The lowest BCUT2D eigenvalue weighted by Gasteiger charge is -2.04. The van der Waals surface area contributed by atoms with E-state index in [0.717, 1.165) is 6.42 Å². The largest absolute Gasteiger partial charge is 0.106 e. The van der Waals surface area contributed by atoms with Gasteiger partial charge in [-0.05, 0) is 37.0 Å². The first-order chi connectivity index (χ1) is 6.75. The van der Waals surface area contributed by atoms with E-state index in [0.29, 0.717) is 0 Å². The molecule has 1 rings (SSSR count). The predicted octanol–water partition coefficient (Wildman–Crippen LogP) is 4.69. The number of benzene rings is 1. The van der Waals surface area contributed by atoms with Crippen LogP contribution in [0.1, 0.15) is 37.5 Å². The summed E-state index contributed by atoms with van der Waals surface area (Å²) < 4.78 is 0. The highest BCUT2D eigenvalue weighted by Crippen LogP contribution is 2.12. The van der Waals surface area contributed by atoms with Gasteiger partial charge in [0.2, 0.25) is 0 Å². The van der Waals surface area contributed by atoms with E-state index in [1.807, 2.05) is 13.8 Å². The Morgan fingerprint density at radius 2 is 1.57 bits per heavy atom. The smallest absolute Gasteiger partial charge is 0.0305 e. The standard InChI is InChI=1S/C10H14.C2H6.C2H4/c1-4-10-7-5-6-8(2)9(10)3;2*1-2/h5-7H,4H2,1-3H3;1-2H3;1-2H2. The van der Waals surface area contributed by atoms with E-state index in [2.05, 4.69) is 52.1 Å². The lowest BCUT2D eigenvalue weighted by Crippen LogP contribution is -1.88. The molecule has 0 saturated carbocycles. The lowest BCUT2D eigenvalue weighted by molar-refractivity contribution is 1.09. The molecule has 0 heterocycles. The van der Waals surface area contributed by atoms with Crippen molar-refractivity contribution < 1.29 is 0 Å². The third-order valence-corrected chi connectivity index (χ3v) is 2.10. The molecule has 0 nitrogen and oxygen atoms in total. The zero-order valence-electron chi connectivity index (χ0n) is 10.4. The zero-order valence-corrected chi connectivity index (χ0v) is 10.4. The van der Waals surface area contributed by atoms with Gasteiger partial charge in [0.05, 0.1) is 0 Å². The van der Waals surface area contributed by atoms with E-state index in [1.54, 1.807) is 0 Å². The second-order valence-electron chi connectivity index (χ2n) is 2.71. The Labute approximate surface area is 89.7 Å². The summed E-state index contributed by atoms with van der Waals surface area (Å²) in [5.41, 5.74) is 4.32. The fourth-order valence-electron chi connectivity index (χ4n) is 1.19. The van der Waals surface area contributed by atoms with Gasteiger partial charge in [0.15, 0.2) is 0 Å². The van der Waals surface area contributed by atoms with Crippen molar-refractivity contribution in [3.05, 3.63) is 48.0 Å². The van der Waals surface area contributed by atoms with Crippen molar-refractivity contribution in [3.8, 4) is 0 Å². The van der Waals surface area contributed by atoms with Gasteiger partial charge < -0.3 is 0 Å². The molecule has 1 aromatic rings. The predicted molar refractivity (Wildman–Crippen MR) is 67.9 cm³/mol. The molecule has 0 bridgehead atoms. The third kappa shape index (κ3) is 4.86. The molecule has 0 aliphatic carbocycles. The average Bonchev–Trinajstić information content (AvgIpc) is 2.28. The molecular weight excluding hydrogens is 168 g/mol. The van der Waals surface area contributed by atoms with Crippen molar-refractivity contribution in [2.45, 2.75) is 41.0 Å². The van der Waals surface area contributed by atoms with Crippen LogP contribution in [0.3, 0.4) is 0 Å². The fourth-order valence-corrected chi connectivity index (χ4v) is 1.19. The van der Waals surface area contributed by atoms with E-state index in [-0.39, 0.29) is 0 Å². The highest BCUT2D eigenvalue weighted by atomic mass is 14.0. The van der Waals surface area contributed by atoms with Crippen LogP contribution in [0.15, 0.2) is 31.4 Å². The van der Waals surface area contributed by atoms with Crippen LogP contribution in [0.5, 0.6) is 0 Å². The maximum Gasteiger partial charge on any atom is -0.0305 e. The molecule has 0 fully saturated rings. The Morgan fingerprint density at radius 3 is 1.93 bits per heavy atom. The normalized spacial score (nSPS) is 7.79. The zero-order chi connectivity index (χ0) is 11.6. The molecule has 0 radical (unpaired) electrons. The van der Waals surface area contributed by atoms with E-state index in [9.17, 15) is 0 Å². The molecule has 0 heteroatoms. The Kier molecular flexibility index (Phi) is 11.1. The summed E-state index contributed by atoms with van der Waals surface area (Å²) in [6.07, 6.45) is 1.15. The quantitative estimate of drug-likeness (QED) is 0.566. The monoisotopic (exact) mass is 192 g/mol. The van der Waals surface area contributed by atoms with Crippen LogP contribution in [0.2, 0.25) is 0 Å². The molecule has 0 aromatic heterocycles. The second-order valence-corrected chi connectivity index (χ2v) is 2.71. The number of rotatable bonds is 1. The SMILES string of the molecule is C=C.CC.CCc1cccc(C)c1C. The van der Waals surface area contributed by atoms with Gasteiger partial charge in [-0.15, -0.1) is 13.2 Å². The minimum Gasteiger partial charge on any atom is -0.106 e. The molecular formula is C14H24. The summed E-state index contributed by atoms with van der Waals surface area (Å²) in [6, 6.07) is 6.48. The van der Waals surface area contributed by atoms with Gasteiger partial charge in [0.1, 0.15) is 0 Å². The summed E-state index contributed by atoms with van der Waals surface area (Å²) in [4.78, 5) is 0. The molecule has 0 aliphatic rings. The van der Waals surface area contributed by atoms with Gasteiger partial charge in [-0.1, -0.05) is 39.0 Å². The highest BCUT2D eigenvalue weighted by molar-refractivity contribution is 5.32. The van der Waals surface area contributed by atoms with E-state index in [4.69, 9.17) is 0 Å². The van der Waals surface area contributed by atoms with Crippen LogP contribution in [0.4, 0.5) is 0 Å². The Morgan fingerprint density at radius 1 is 1.07 bits per heavy atom. The molecule has 14 heavy (non-hydrogen) atoms. The molecule has 0 amide bonds. The average molecular weight is 192 g/mol. The van der Waals surface area contributed by atoms with Crippen molar-refractivity contribution in [1.29, 1.82) is 0 Å². The van der Waals surface area contributed by atoms with Gasteiger partial charge in [-0.25, -0.2) is 0 Å². The minimum atomic E-state index is 1.15. The van der Waals surface area contributed by atoms with Crippen LogP contribution in [0.25, 0.3) is 0 Å². The molecule has 80 valence electrons. The molecule has 0 unspecified atom stereocenters.